The van der Waals surface area contributed by atoms with E-state index in [-0.39, 0.29) is 11.4 Å². The van der Waals surface area contributed by atoms with E-state index in [2.05, 4.69) is 5.32 Å². The molecule has 0 aliphatic carbocycles. The molecule has 0 radical (unpaired) electrons. The second-order valence-electron chi connectivity index (χ2n) is 8.81. The van der Waals surface area contributed by atoms with Crippen LogP contribution in [0.1, 0.15) is 25.0 Å². The zero-order chi connectivity index (χ0) is 28.7. The maximum Gasteiger partial charge on any atom is 0.264 e. The van der Waals surface area contributed by atoms with E-state index in [4.69, 9.17) is 27.9 Å². The van der Waals surface area contributed by atoms with E-state index in [1.807, 2.05) is 13.8 Å². The molecule has 0 unspecified atom stereocenters. The molecule has 0 heterocycles. The number of amides is 2. The molecular formula is C28H31Cl2N3O5S. The first kappa shape index (κ1) is 30.3. The molecule has 3 aromatic rings. The van der Waals surface area contributed by atoms with Crippen LogP contribution in [0.4, 0.5) is 5.69 Å². The summed E-state index contributed by atoms with van der Waals surface area (Å²) >= 11 is 12.2. The quantitative estimate of drug-likeness (QED) is 0.336. The number of sulfonamides is 1. The lowest BCUT2D eigenvalue weighted by atomic mass is 10.1. The van der Waals surface area contributed by atoms with Crippen molar-refractivity contribution in [2.45, 2.75) is 38.3 Å². The Balaban J connectivity index is 2.02. The Morgan fingerprint density at radius 1 is 0.974 bits per heavy atom. The van der Waals surface area contributed by atoms with E-state index in [1.165, 1.54) is 24.1 Å². The highest BCUT2D eigenvalue weighted by Crippen LogP contribution is 2.27. The van der Waals surface area contributed by atoms with Crippen molar-refractivity contribution < 1.29 is 22.7 Å². The van der Waals surface area contributed by atoms with Gasteiger partial charge in [-0.3, -0.25) is 13.9 Å². The Morgan fingerprint density at radius 3 is 2.18 bits per heavy atom. The molecule has 0 aliphatic rings. The van der Waals surface area contributed by atoms with Crippen LogP contribution in [0.5, 0.6) is 5.75 Å². The monoisotopic (exact) mass is 591 g/mol. The van der Waals surface area contributed by atoms with Crippen LogP contribution < -0.4 is 14.4 Å². The predicted molar refractivity (Wildman–Crippen MR) is 154 cm³/mol. The van der Waals surface area contributed by atoms with Crippen LogP contribution in [0.3, 0.4) is 0 Å². The Hall–Kier alpha value is -3.27. The van der Waals surface area contributed by atoms with Crippen molar-refractivity contribution in [2.75, 3.05) is 24.5 Å². The topological polar surface area (TPSA) is 96.0 Å². The molecule has 2 amide bonds. The number of anilines is 1. The summed E-state index contributed by atoms with van der Waals surface area (Å²) in [7, 11) is -2.70. The van der Waals surface area contributed by atoms with Gasteiger partial charge in [-0.25, -0.2) is 8.42 Å². The van der Waals surface area contributed by atoms with Gasteiger partial charge in [0.05, 0.1) is 27.2 Å². The third-order valence-corrected chi connectivity index (χ3v) is 8.60. The number of carbonyl (C=O) groups excluding carboxylic acids is 2. The summed E-state index contributed by atoms with van der Waals surface area (Å²) in [5, 5.41) is 3.20. The molecule has 208 valence electrons. The van der Waals surface area contributed by atoms with E-state index in [0.29, 0.717) is 33.7 Å². The van der Waals surface area contributed by atoms with Crippen LogP contribution in [0, 0.1) is 6.92 Å². The molecule has 3 aromatic carbocycles. The number of hydrogen-bond donors (Lipinski definition) is 1. The number of nitrogens with one attached hydrogen (secondary N) is 1. The maximum absolute atomic E-state index is 13.8. The number of carbonyl (C=O) groups is 2. The van der Waals surface area contributed by atoms with Gasteiger partial charge in [0, 0.05) is 13.6 Å². The summed E-state index contributed by atoms with van der Waals surface area (Å²) in [5.41, 5.74) is 1.87. The van der Waals surface area contributed by atoms with E-state index in [1.54, 1.807) is 61.5 Å². The Labute approximate surface area is 239 Å². The molecule has 11 heteroatoms. The fourth-order valence-electron chi connectivity index (χ4n) is 3.87. The molecule has 0 fully saturated rings. The number of ether oxygens (including phenoxy) is 1. The van der Waals surface area contributed by atoms with Gasteiger partial charge in [0.2, 0.25) is 11.8 Å². The molecule has 39 heavy (non-hydrogen) atoms. The summed E-state index contributed by atoms with van der Waals surface area (Å²) in [6.07, 6.45) is 0. The van der Waals surface area contributed by atoms with Crippen LogP contribution >= 0.6 is 23.2 Å². The lowest BCUT2D eigenvalue weighted by Gasteiger charge is -2.32. The average Bonchev–Trinajstić information content (AvgIpc) is 2.92. The molecule has 8 nitrogen and oxygen atoms in total. The molecule has 0 saturated heterocycles. The normalized spacial score (nSPS) is 11.9. The van der Waals surface area contributed by atoms with Gasteiger partial charge in [-0.05, 0) is 74.9 Å². The highest BCUT2D eigenvalue weighted by molar-refractivity contribution is 7.92. The van der Waals surface area contributed by atoms with Gasteiger partial charge in [-0.2, -0.15) is 0 Å². The van der Waals surface area contributed by atoms with Crippen molar-refractivity contribution in [1.29, 1.82) is 0 Å². The van der Waals surface area contributed by atoms with E-state index < -0.39 is 34.4 Å². The van der Waals surface area contributed by atoms with Crippen LogP contribution in [0.2, 0.25) is 10.0 Å². The minimum absolute atomic E-state index is 0.00490. The average molecular weight is 593 g/mol. The minimum Gasteiger partial charge on any atom is -0.494 e. The number of rotatable bonds is 11. The number of benzene rings is 3. The van der Waals surface area contributed by atoms with Gasteiger partial charge >= 0.3 is 0 Å². The lowest BCUT2D eigenvalue weighted by molar-refractivity contribution is -0.139. The summed E-state index contributed by atoms with van der Waals surface area (Å²) < 4.78 is 34.2. The number of halogens is 2. The molecule has 1 atom stereocenters. The fraction of sp³-hybridized carbons (Fsp3) is 0.286. The highest BCUT2D eigenvalue weighted by atomic mass is 35.5. The van der Waals surface area contributed by atoms with Gasteiger partial charge in [0.15, 0.2) is 0 Å². The van der Waals surface area contributed by atoms with E-state index in [0.717, 1.165) is 9.87 Å². The van der Waals surface area contributed by atoms with Gasteiger partial charge in [-0.15, -0.1) is 0 Å². The molecule has 1 N–H and O–H groups in total. The van der Waals surface area contributed by atoms with Crippen molar-refractivity contribution in [2.24, 2.45) is 0 Å². The molecular weight excluding hydrogens is 561 g/mol. The zero-order valence-corrected chi connectivity index (χ0v) is 24.5. The van der Waals surface area contributed by atoms with E-state index >= 15 is 0 Å². The number of likely N-dealkylation sites (N-methyl/N-ethyl adjacent to an activating group) is 1. The fourth-order valence-corrected chi connectivity index (χ4v) is 5.60. The molecule has 0 bridgehead atoms. The third kappa shape index (κ3) is 7.44. The first-order valence-corrected chi connectivity index (χ1v) is 14.4. The Kier molecular flexibility index (Phi) is 10.2. The zero-order valence-electron chi connectivity index (χ0n) is 22.1. The highest BCUT2D eigenvalue weighted by Gasteiger charge is 2.32. The first-order valence-electron chi connectivity index (χ1n) is 12.2. The summed E-state index contributed by atoms with van der Waals surface area (Å²) in [4.78, 5) is 27.7. The SMILES string of the molecule is CCOc1ccc(S(=O)(=O)N(CC(=O)N(Cc2ccc(Cl)c(Cl)c2)[C@@H](C)C(=O)NC)c2ccc(C)cc2)cc1. The van der Waals surface area contributed by atoms with Crippen molar-refractivity contribution in [1.82, 2.24) is 10.2 Å². The predicted octanol–water partition coefficient (Wildman–Crippen LogP) is 5.06. The van der Waals surface area contributed by atoms with Crippen molar-refractivity contribution >= 4 is 50.7 Å². The van der Waals surface area contributed by atoms with Crippen LogP contribution in [0.25, 0.3) is 0 Å². The largest absolute Gasteiger partial charge is 0.494 e. The molecule has 0 aliphatic heterocycles. The van der Waals surface area contributed by atoms with Gasteiger partial charge < -0.3 is 15.0 Å². The van der Waals surface area contributed by atoms with Gasteiger partial charge in [0.1, 0.15) is 18.3 Å². The molecule has 0 spiro atoms. The number of hydrogen-bond acceptors (Lipinski definition) is 5. The molecule has 0 saturated carbocycles. The van der Waals surface area contributed by atoms with Crippen LogP contribution in [-0.2, 0) is 26.2 Å². The summed E-state index contributed by atoms with van der Waals surface area (Å²) in [6, 6.07) is 16.8. The Bertz CT molecular complexity index is 1410. The molecule has 0 aromatic heterocycles. The minimum atomic E-state index is -4.17. The third-order valence-electron chi connectivity index (χ3n) is 6.07. The van der Waals surface area contributed by atoms with Crippen molar-refractivity contribution in [3.8, 4) is 5.75 Å². The summed E-state index contributed by atoms with van der Waals surface area (Å²) in [5.74, 6) is -0.450. The number of aryl methyl sites for hydroxylation is 1. The smallest absolute Gasteiger partial charge is 0.264 e. The van der Waals surface area contributed by atoms with Crippen molar-refractivity contribution in [3.05, 3.63) is 87.9 Å². The standard InChI is InChI=1S/C28H31Cl2N3O5S/c1-5-38-23-11-13-24(14-12-23)39(36,37)33(22-9-6-19(2)7-10-22)18-27(34)32(20(3)28(35)31-4)17-21-8-15-25(29)26(30)16-21/h6-16,20H,5,17-18H2,1-4H3,(H,31,35)/t20-/m0/s1. The van der Waals surface area contributed by atoms with Gasteiger partial charge in [0.25, 0.3) is 10.0 Å². The lowest BCUT2D eigenvalue weighted by Crippen LogP contribution is -2.50. The number of nitrogens with zero attached hydrogens (tertiary/aromatic N) is 2. The van der Waals surface area contributed by atoms with E-state index in [9.17, 15) is 18.0 Å². The summed E-state index contributed by atoms with van der Waals surface area (Å²) in [6.45, 7) is 5.19. The van der Waals surface area contributed by atoms with Crippen molar-refractivity contribution in [3.63, 3.8) is 0 Å². The second kappa shape index (κ2) is 13.2. The van der Waals surface area contributed by atoms with Crippen LogP contribution in [-0.4, -0.2) is 51.4 Å². The second-order valence-corrected chi connectivity index (χ2v) is 11.5. The van der Waals surface area contributed by atoms with Gasteiger partial charge in [-0.1, -0.05) is 47.0 Å². The molecule has 3 rings (SSSR count). The Morgan fingerprint density at radius 2 is 1.62 bits per heavy atom. The first-order chi connectivity index (χ1) is 18.5. The van der Waals surface area contributed by atoms with Crippen LogP contribution in [0.15, 0.2) is 71.6 Å². The maximum atomic E-state index is 13.8.